The molecule has 0 aromatic carbocycles. The van der Waals surface area contributed by atoms with Crippen molar-refractivity contribution >= 4 is 17.7 Å². The molecule has 1 aromatic rings. The number of halogens is 1. The van der Waals surface area contributed by atoms with E-state index in [0.29, 0.717) is 18.4 Å². The van der Waals surface area contributed by atoms with Crippen molar-refractivity contribution in [2.45, 2.75) is 31.4 Å². The maximum atomic E-state index is 11.4. The first kappa shape index (κ1) is 13.1. The molecule has 1 heterocycles. The predicted octanol–water partition coefficient (Wildman–Crippen LogP) is 2.13. The van der Waals surface area contributed by atoms with Gasteiger partial charge in [0, 0.05) is 11.8 Å². The molecule has 0 saturated heterocycles. The minimum Gasteiger partial charge on any atom is -0.453 e. The number of carbonyl (C=O) groups is 1. The van der Waals surface area contributed by atoms with Crippen LogP contribution in [0.4, 0.5) is 4.79 Å². The first-order chi connectivity index (χ1) is 8.48. The lowest BCUT2D eigenvalue weighted by Crippen LogP contribution is -2.46. The summed E-state index contributed by atoms with van der Waals surface area (Å²) in [5.74, 6) is 0. The summed E-state index contributed by atoms with van der Waals surface area (Å²) in [6.07, 6.45) is 1.54. The van der Waals surface area contributed by atoms with E-state index in [0.717, 1.165) is 5.56 Å². The Labute approximate surface area is 110 Å². The number of pyridine rings is 1. The zero-order chi connectivity index (χ0) is 13.3. The van der Waals surface area contributed by atoms with Crippen LogP contribution in [0.25, 0.3) is 0 Å². The number of aliphatic hydroxyl groups excluding tert-OH is 1. The molecule has 1 aliphatic carbocycles. The van der Waals surface area contributed by atoms with Gasteiger partial charge in [-0.2, -0.15) is 0 Å². The molecule has 0 spiro atoms. The zero-order valence-corrected chi connectivity index (χ0v) is 11.0. The van der Waals surface area contributed by atoms with Crippen molar-refractivity contribution in [2.24, 2.45) is 0 Å². The van der Waals surface area contributed by atoms with Crippen molar-refractivity contribution < 1.29 is 14.6 Å². The monoisotopic (exact) mass is 270 g/mol. The van der Waals surface area contributed by atoms with Crippen LogP contribution >= 0.6 is 11.6 Å². The van der Waals surface area contributed by atoms with Gasteiger partial charge in [-0.15, -0.1) is 0 Å². The third kappa shape index (κ3) is 2.15. The maximum Gasteiger partial charge on any atom is 0.407 e. The molecule has 2 atom stereocenters. The molecular formula is C12H15ClN2O3. The minimum absolute atomic E-state index is 0.276. The molecule has 5 nitrogen and oxygen atoms in total. The minimum atomic E-state index is -0.645. The second-order valence-corrected chi connectivity index (χ2v) is 4.92. The van der Waals surface area contributed by atoms with Gasteiger partial charge < -0.3 is 15.2 Å². The number of amides is 1. The number of fused-ring (bicyclic) bond motifs is 1. The van der Waals surface area contributed by atoms with E-state index in [9.17, 15) is 9.90 Å². The fourth-order valence-corrected chi connectivity index (χ4v) is 2.64. The van der Waals surface area contributed by atoms with E-state index >= 15 is 0 Å². The molecule has 6 heteroatoms. The number of methoxy groups -OCH3 is 1. The molecule has 1 amide bonds. The summed E-state index contributed by atoms with van der Waals surface area (Å²) < 4.78 is 4.63. The number of rotatable bonds is 1. The average molecular weight is 271 g/mol. The molecule has 0 saturated carbocycles. The second-order valence-electron chi connectivity index (χ2n) is 4.57. The Bertz CT molecular complexity index is 480. The Balaban J connectivity index is 2.46. The third-order valence-electron chi connectivity index (χ3n) is 3.35. The molecule has 1 aliphatic rings. The number of nitrogens with one attached hydrogen (secondary N) is 1. The van der Waals surface area contributed by atoms with Crippen LogP contribution in [0.3, 0.4) is 0 Å². The molecule has 0 bridgehead atoms. The Morgan fingerprint density at radius 1 is 1.72 bits per heavy atom. The van der Waals surface area contributed by atoms with E-state index in [1.807, 2.05) is 6.92 Å². The fraction of sp³-hybridized carbons (Fsp3) is 0.500. The highest BCUT2D eigenvalue weighted by atomic mass is 35.5. The molecule has 2 rings (SSSR count). The van der Waals surface area contributed by atoms with Gasteiger partial charge in [-0.05, 0) is 31.4 Å². The molecule has 2 N–H and O–H groups in total. The molecule has 0 unspecified atom stereocenters. The predicted molar refractivity (Wildman–Crippen MR) is 66.3 cm³/mol. The van der Waals surface area contributed by atoms with Gasteiger partial charge in [-0.3, -0.25) is 0 Å². The standard InChI is InChI=1S/C12H15ClN2O3/c1-12(15-11(17)18-2)5-3-8(16)9-7(12)4-6-14-10(9)13/h4,6,8,16H,3,5H2,1-2H3,(H,15,17)/t8-,12-/m0/s1. The van der Waals surface area contributed by atoms with Crippen LogP contribution in [-0.4, -0.2) is 23.3 Å². The number of nitrogens with zero attached hydrogens (tertiary/aromatic N) is 1. The summed E-state index contributed by atoms with van der Waals surface area (Å²) in [5, 5.41) is 13.1. The lowest BCUT2D eigenvalue weighted by Gasteiger charge is -2.38. The van der Waals surface area contributed by atoms with Gasteiger partial charge in [-0.25, -0.2) is 9.78 Å². The van der Waals surface area contributed by atoms with Crippen molar-refractivity contribution in [1.29, 1.82) is 0 Å². The van der Waals surface area contributed by atoms with E-state index in [1.54, 1.807) is 12.3 Å². The Hall–Kier alpha value is -1.33. The largest absolute Gasteiger partial charge is 0.453 e. The van der Waals surface area contributed by atoms with E-state index in [-0.39, 0.29) is 5.15 Å². The Morgan fingerprint density at radius 3 is 3.11 bits per heavy atom. The van der Waals surface area contributed by atoms with Crippen molar-refractivity contribution in [3.63, 3.8) is 0 Å². The lowest BCUT2D eigenvalue weighted by atomic mass is 9.77. The van der Waals surface area contributed by atoms with Crippen LogP contribution in [0.5, 0.6) is 0 Å². The Kier molecular flexibility index (Phi) is 3.45. The average Bonchev–Trinajstić information content (AvgIpc) is 2.34. The summed E-state index contributed by atoms with van der Waals surface area (Å²) in [6, 6.07) is 1.76. The van der Waals surface area contributed by atoms with Crippen molar-refractivity contribution in [1.82, 2.24) is 10.3 Å². The van der Waals surface area contributed by atoms with Gasteiger partial charge in [0.05, 0.1) is 18.8 Å². The van der Waals surface area contributed by atoms with Gasteiger partial charge in [0.25, 0.3) is 0 Å². The van der Waals surface area contributed by atoms with Crippen LogP contribution in [0, 0.1) is 0 Å². The highest BCUT2D eigenvalue weighted by molar-refractivity contribution is 6.30. The van der Waals surface area contributed by atoms with Gasteiger partial charge >= 0.3 is 6.09 Å². The summed E-state index contributed by atoms with van der Waals surface area (Å²) >= 11 is 6.02. The molecule has 98 valence electrons. The number of ether oxygens (including phenoxy) is 1. The normalized spacial score (nSPS) is 26.3. The molecular weight excluding hydrogens is 256 g/mol. The van der Waals surface area contributed by atoms with Crippen LogP contribution in [-0.2, 0) is 10.3 Å². The summed E-state index contributed by atoms with van der Waals surface area (Å²) in [5.41, 5.74) is 0.768. The first-order valence-electron chi connectivity index (χ1n) is 5.67. The Morgan fingerprint density at radius 2 is 2.44 bits per heavy atom. The van der Waals surface area contributed by atoms with Crippen LogP contribution < -0.4 is 5.32 Å². The van der Waals surface area contributed by atoms with Crippen molar-refractivity contribution in [3.8, 4) is 0 Å². The van der Waals surface area contributed by atoms with Gasteiger partial charge in [0.2, 0.25) is 0 Å². The van der Waals surface area contributed by atoms with E-state index in [4.69, 9.17) is 11.6 Å². The molecule has 1 aromatic heterocycles. The van der Waals surface area contributed by atoms with E-state index in [2.05, 4.69) is 15.0 Å². The van der Waals surface area contributed by atoms with Gasteiger partial charge in [0.15, 0.2) is 0 Å². The smallest absolute Gasteiger partial charge is 0.407 e. The van der Waals surface area contributed by atoms with Crippen molar-refractivity contribution in [2.75, 3.05) is 7.11 Å². The van der Waals surface area contributed by atoms with Crippen LogP contribution in [0.1, 0.15) is 37.0 Å². The number of hydrogen-bond donors (Lipinski definition) is 2. The van der Waals surface area contributed by atoms with E-state index in [1.165, 1.54) is 7.11 Å². The van der Waals surface area contributed by atoms with E-state index < -0.39 is 17.7 Å². The van der Waals surface area contributed by atoms with Gasteiger partial charge in [0.1, 0.15) is 5.15 Å². The summed E-state index contributed by atoms with van der Waals surface area (Å²) in [4.78, 5) is 15.4. The zero-order valence-electron chi connectivity index (χ0n) is 10.2. The van der Waals surface area contributed by atoms with Gasteiger partial charge in [-0.1, -0.05) is 11.6 Å². The second kappa shape index (κ2) is 4.74. The van der Waals surface area contributed by atoms with Crippen LogP contribution in [0.15, 0.2) is 12.3 Å². The topological polar surface area (TPSA) is 71.5 Å². The number of aromatic nitrogens is 1. The SMILES string of the molecule is COC(=O)N[C@@]1(C)CC[C@H](O)c2c1ccnc2Cl. The fourth-order valence-electron chi connectivity index (χ4n) is 2.36. The molecule has 0 radical (unpaired) electrons. The number of aliphatic hydroxyl groups is 1. The number of alkyl carbamates (subject to hydrolysis) is 1. The summed E-state index contributed by atoms with van der Waals surface area (Å²) in [7, 11) is 1.32. The maximum absolute atomic E-state index is 11.4. The van der Waals surface area contributed by atoms with Crippen LogP contribution in [0.2, 0.25) is 5.15 Å². The lowest BCUT2D eigenvalue weighted by molar-refractivity contribution is 0.117. The molecule has 18 heavy (non-hydrogen) atoms. The number of hydrogen-bond acceptors (Lipinski definition) is 4. The quantitative estimate of drug-likeness (QED) is 0.767. The molecule has 0 fully saturated rings. The first-order valence-corrected chi connectivity index (χ1v) is 6.05. The highest BCUT2D eigenvalue weighted by Gasteiger charge is 2.38. The number of carbonyl (C=O) groups excluding carboxylic acids is 1. The summed E-state index contributed by atoms with van der Waals surface area (Å²) in [6.45, 7) is 1.88. The van der Waals surface area contributed by atoms with Crippen molar-refractivity contribution in [3.05, 3.63) is 28.5 Å². The highest BCUT2D eigenvalue weighted by Crippen LogP contribution is 2.42. The molecule has 0 aliphatic heterocycles. The third-order valence-corrected chi connectivity index (χ3v) is 3.65.